The summed E-state index contributed by atoms with van der Waals surface area (Å²) in [6.07, 6.45) is 2.38. The number of ether oxygens (including phenoxy) is 2. The molecule has 166 valence electrons. The first-order chi connectivity index (χ1) is 14.9. The normalized spacial score (nSPS) is 15.3. The lowest BCUT2D eigenvalue weighted by molar-refractivity contribution is -0.126. The van der Waals surface area contributed by atoms with Crippen LogP contribution in [0.2, 0.25) is 0 Å². The number of benzene rings is 1. The zero-order valence-corrected chi connectivity index (χ0v) is 18.2. The number of nitrogens with zero attached hydrogens (tertiary/aromatic N) is 2. The molecule has 1 aliphatic heterocycles. The van der Waals surface area contributed by atoms with Crippen molar-refractivity contribution in [2.24, 2.45) is 5.92 Å². The molecule has 31 heavy (non-hydrogen) atoms. The molecule has 0 unspecified atom stereocenters. The Balaban J connectivity index is 1.63. The molecule has 2 heterocycles. The van der Waals surface area contributed by atoms with E-state index in [1.807, 2.05) is 6.07 Å². The smallest absolute Gasteiger partial charge is 0.339 e. The molecule has 0 saturated carbocycles. The quantitative estimate of drug-likeness (QED) is 0.641. The van der Waals surface area contributed by atoms with E-state index in [1.54, 1.807) is 24.4 Å². The van der Waals surface area contributed by atoms with Crippen molar-refractivity contribution in [1.82, 2.24) is 14.6 Å². The Morgan fingerprint density at radius 2 is 1.84 bits per heavy atom. The highest BCUT2D eigenvalue weighted by Crippen LogP contribution is 2.26. The maximum atomic E-state index is 13.1. The summed E-state index contributed by atoms with van der Waals surface area (Å²) in [6, 6.07) is 9.54. The zero-order chi connectivity index (χ0) is 22.4. The maximum absolute atomic E-state index is 13.1. The number of rotatable bonds is 7. The third-order valence-electron chi connectivity index (χ3n) is 5.23. The van der Waals surface area contributed by atoms with Crippen LogP contribution in [0.1, 0.15) is 28.8 Å². The standard InChI is InChI=1S/C21H25N3O6S/c1-29-20-16(6-5-11-22-20)14-23-19(25)15-9-12-24(13-10-15)31(27,28)18-8-4-3-7-17(18)21(26)30-2/h3-8,11,15H,9-10,12-14H2,1-2H3,(H,23,25). The van der Waals surface area contributed by atoms with Gasteiger partial charge in [0.05, 0.1) is 24.7 Å². The van der Waals surface area contributed by atoms with Crippen LogP contribution in [0, 0.1) is 5.92 Å². The minimum atomic E-state index is -3.89. The Morgan fingerprint density at radius 3 is 2.52 bits per heavy atom. The number of pyridine rings is 1. The lowest BCUT2D eigenvalue weighted by atomic mass is 9.97. The van der Waals surface area contributed by atoms with Gasteiger partial charge in [-0.25, -0.2) is 18.2 Å². The number of hydrogen-bond acceptors (Lipinski definition) is 7. The Labute approximate surface area is 181 Å². The van der Waals surface area contributed by atoms with E-state index in [4.69, 9.17) is 9.47 Å². The van der Waals surface area contributed by atoms with E-state index in [9.17, 15) is 18.0 Å². The molecule has 0 spiro atoms. The number of nitrogens with one attached hydrogen (secondary N) is 1. The number of carbonyl (C=O) groups excluding carboxylic acids is 2. The fourth-order valence-corrected chi connectivity index (χ4v) is 5.19. The molecule has 1 fully saturated rings. The predicted octanol–water partition coefficient (Wildman–Crippen LogP) is 1.59. The fourth-order valence-electron chi connectivity index (χ4n) is 3.54. The Kier molecular flexibility index (Phi) is 7.24. The highest BCUT2D eigenvalue weighted by molar-refractivity contribution is 7.89. The van der Waals surface area contributed by atoms with Gasteiger partial charge in [-0.3, -0.25) is 4.79 Å². The number of aromatic nitrogens is 1. The van der Waals surface area contributed by atoms with E-state index < -0.39 is 16.0 Å². The molecule has 3 rings (SSSR count). The Morgan fingerprint density at radius 1 is 1.13 bits per heavy atom. The molecule has 10 heteroatoms. The molecule has 1 aliphatic rings. The topological polar surface area (TPSA) is 115 Å². The summed E-state index contributed by atoms with van der Waals surface area (Å²) in [7, 11) is -1.16. The number of carbonyl (C=O) groups is 2. The number of piperidine rings is 1. The first-order valence-corrected chi connectivity index (χ1v) is 11.3. The number of hydrogen-bond donors (Lipinski definition) is 1. The van der Waals surface area contributed by atoms with E-state index in [0.717, 1.165) is 5.56 Å². The lowest BCUT2D eigenvalue weighted by Gasteiger charge is -2.31. The molecule has 1 amide bonds. The molecular weight excluding hydrogens is 422 g/mol. The van der Waals surface area contributed by atoms with Crippen molar-refractivity contribution < 1.29 is 27.5 Å². The van der Waals surface area contributed by atoms with E-state index in [2.05, 4.69) is 10.3 Å². The summed E-state index contributed by atoms with van der Waals surface area (Å²) in [5.41, 5.74) is 0.757. The van der Waals surface area contributed by atoms with Crippen LogP contribution in [0.15, 0.2) is 47.5 Å². The molecule has 9 nitrogen and oxygen atoms in total. The van der Waals surface area contributed by atoms with E-state index in [0.29, 0.717) is 18.7 Å². The molecule has 2 aromatic rings. The van der Waals surface area contributed by atoms with Gasteiger partial charge >= 0.3 is 5.97 Å². The zero-order valence-electron chi connectivity index (χ0n) is 17.4. The molecule has 0 aliphatic carbocycles. The predicted molar refractivity (Wildman–Crippen MR) is 112 cm³/mol. The van der Waals surface area contributed by atoms with Gasteiger partial charge in [0, 0.05) is 37.3 Å². The molecule has 0 atom stereocenters. The minimum Gasteiger partial charge on any atom is -0.481 e. The summed E-state index contributed by atoms with van der Waals surface area (Å²) < 4.78 is 37.4. The van der Waals surface area contributed by atoms with Crippen LogP contribution in [0.5, 0.6) is 5.88 Å². The number of methoxy groups -OCH3 is 2. The van der Waals surface area contributed by atoms with Crippen molar-refractivity contribution in [3.8, 4) is 5.88 Å². The molecule has 1 aromatic heterocycles. The van der Waals surface area contributed by atoms with Crippen LogP contribution in [-0.2, 0) is 26.1 Å². The second kappa shape index (κ2) is 9.88. The summed E-state index contributed by atoms with van der Waals surface area (Å²) in [5.74, 6) is -0.699. The van der Waals surface area contributed by atoms with Crippen molar-refractivity contribution in [2.45, 2.75) is 24.3 Å². The Bertz CT molecular complexity index is 1050. The minimum absolute atomic E-state index is 0.00437. The van der Waals surface area contributed by atoms with Gasteiger partial charge in [-0.2, -0.15) is 4.31 Å². The van der Waals surface area contributed by atoms with Gasteiger partial charge in [0.25, 0.3) is 0 Å². The molecular formula is C21H25N3O6S. The van der Waals surface area contributed by atoms with Gasteiger partial charge < -0.3 is 14.8 Å². The van der Waals surface area contributed by atoms with Gasteiger partial charge in [-0.05, 0) is 31.0 Å². The largest absolute Gasteiger partial charge is 0.481 e. The highest BCUT2D eigenvalue weighted by Gasteiger charge is 2.34. The van der Waals surface area contributed by atoms with Crippen LogP contribution in [-0.4, -0.2) is 56.9 Å². The summed E-state index contributed by atoms with van der Waals surface area (Å²) in [5, 5.41) is 2.87. The van der Waals surface area contributed by atoms with Crippen LogP contribution in [0.4, 0.5) is 0 Å². The van der Waals surface area contributed by atoms with Gasteiger partial charge in [0.15, 0.2) is 0 Å². The fraction of sp³-hybridized carbons (Fsp3) is 0.381. The van der Waals surface area contributed by atoms with E-state index in [-0.39, 0.29) is 41.9 Å². The third kappa shape index (κ3) is 5.02. The average molecular weight is 448 g/mol. The molecule has 1 N–H and O–H groups in total. The van der Waals surface area contributed by atoms with Gasteiger partial charge in [-0.15, -0.1) is 0 Å². The van der Waals surface area contributed by atoms with E-state index in [1.165, 1.54) is 30.7 Å². The average Bonchev–Trinajstić information content (AvgIpc) is 2.82. The van der Waals surface area contributed by atoms with Crippen LogP contribution >= 0.6 is 0 Å². The highest BCUT2D eigenvalue weighted by atomic mass is 32.2. The first-order valence-electron chi connectivity index (χ1n) is 9.81. The van der Waals surface area contributed by atoms with Crippen LogP contribution in [0.3, 0.4) is 0 Å². The molecule has 0 bridgehead atoms. The number of sulfonamides is 1. The molecule has 1 saturated heterocycles. The summed E-state index contributed by atoms with van der Waals surface area (Å²) in [4.78, 5) is 28.6. The van der Waals surface area contributed by atoms with Crippen molar-refractivity contribution >= 4 is 21.9 Å². The van der Waals surface area contributed by atoms with Gasteiger partial charge in [0.2, 0.25) is 21.8 Å². The lowest BCUT2D eigenvalue weighted by Crippen LogP contribution is -2.43. The van der Waals surface area contributed by atoms with E-state index >= 15 is 0 Å². The summed E-state index contributed by atoms with van der Waals surface area (Å²) >= 11 is 0. The molecule has 1 aromatic carbocycles. The van der Waals surface area contributed by atoms with Gasteiger partial charge in [0.1, 0.15) is 0 Å². The monoisotopic (exact) mass is 447 g/mol. The second-order valence-electron chi connectivity index (χ2n) is 7.06. The number of esters is 1. The SMILES string of the molecule is COC(=O)c1ccccc1S(=O)(=O)N1CCC(C(=O)NCc2cccnc2OC)CC1. The second-order valence-corrected chi connectivity index (χ2v) is 8.96. The van der Waals surface area contributed by atoms with Gasteiger partial charge in [-0.1, -0.05) is 18.2 Å². The van der Waals surface area contributed by atoms with Crippen LogP contribution < -0.4 is 10.1 Å². The number of amides is 1. The Hall–Kier alpha value is -2.98. The first kappa shape index (κ1) is 22.7. The van der Waals surface area contributed by atoms with Crippen molar-refractivity contribution in [2.75, 3.05) is 27.3 Å². The maximum Gasteiger partial charge on any atom is 0.339 e. The molecule has 0 radical (unpaired) electrons. The van der Waals surface area contributed by atoms with Crippen molar-refractivity contribution in [3.05, 3.63) is 53.7 Å². The third-order valence-corrected chi connectivity index (χ3v) is 7.19. The van der Waals surface area contributed by atoms with Crippen molar-refractivity contribution in [1.29, 1.82) is 0 Å². The van der Waals surface area contributed by atoms with Crippen LogP contribution in [0.25, 0.3) is 0 Å². The van der Waals surface area contributed by atoms with Crippen molar-refractivity contribution in [3.63, 3.8) is 0 Å². The summed E-state index contributed by atoms with van der Waals surface area (Å²) in [6.45, 7) is 0.652.